The second-order valence-corrected chi connectivity index (χ2v) is 5.04. The molecule has 0 aliphatic heterocycles. The molecule has 0 bridgehead atoms. The normalized spacial score (nSPS) is 11.4. The summed E-state index contributed by atoms with van der Waals surface area (Å²) in [7, 11) is 2.25. The maximum atomic E-state index is 5.48. The summed E-state index contributed by atoms with van der Waals surface area (Å²) in [4.78, 5) is 0. The summed E-state index contributed by atoms with van der Waals surface area (Å²) in [5.41, 5.74) is 0. The van der Waals surface area contributed by atoms with Gasteiger partial charge in [-0.2, -0.15) is 12.6 Å². The molecule has 0 heterocycles. The van der Waals surface area contributed by atoms with Crippen molar-refractivity contribution < 1.29 is 14.0 Å². The highest BCUT2D eigenvalue weighted by Gasteiger charge is 2.20. The van der Waals surface area contributed by atoms with Crippen LogP contribution in [-0.2, 0) is 9.47 Å². The summed E-state index contributed by atoms with van der Waals surface area (Å²) in [6, 6.07) is 0. The van der Waals surface area contributed by atoms with Gasteiger partial charge in [-0.25, -0.2) is 0 Å². The molecule has 106 valence electrons. The van der Waals surface area contributed by atoms with E-state index < -0.39 is 0 Å². The minimum Gasteiger partial charge on any atom is -0.372 e. The number of quaternary nitrogens is 1. The van der Waals surface area contributed by atoms with Gasteiger partial charge in [-0.05, 0) is 5.75 Å². The quantitative estimate of drug-likeness (QED) is 0.240. The highest BCUT2D eigenvalue weighted by molar-refractivity contribution is 7.80. The minimum absolute atomic E-state index is 0.625. The van der Waals surface area contributed by atoms with Crippen molar-refractivity contribution >= 4 is 12.6 Å². The van der Waals surface area contributed by atoms with Crippen LogP contribution in [0.15, 0.2) is 25.3 Å². The molecule has 18 heavy (non-hydrogen) atoms. The van der Waals surface area contributed by atoms with Crippen LogP contribution in [0, 0.1) is 0 Å². The first kappa shape index (κ1) is 17.7. The number of thiol groups is 1. The lowest BCUT2D eigenvalue weighted by molar-refractivity contribution is -0.910. The zero-order chi connectivity index (χ0) is 13.7. The maximum Gasteiger partial charge on any atom is 0.102 e. The summed E-state index contributed by atoms with van der Waals surface area (Å²) >= 11 is 4.28. The summed E-state index contributed by atoms with van der Waals surface area (Å²) in [6.07, 6.45) is 4.68. The van der Waals surface area contributed by atoms with E-state index >= 15 is 0 Å². The molecule has 0 amide bonds. The Morgan fingerprint density at radius 2 is 1.50 bits per heavy atom. The molecule has 0 unspecified atom stereocenters. The fourth-order valence-electron chi connectivity index (χ4n) is 1.69. The number of hydrogen-bond donors (Lipinski definition) is 1. The summed E-state index contributed by atoms with van der Waals surface area (Å²) in [6.45, 7) is 13.2. The SMILES string of the molecule is C=CCOCC[N+](C)(CCCS)CCOCC=C. The van der Waals surface area contributed by atoms with E-state index in [2.05, 4.69) is 32.8 Å². The van der Waals surface area contributed by atoms with Crippen molar-refractivity contribution in [3.8, 4) is 0 Å². The number of likely N-dealkylation sites (N-methyl/N-ethyl adjacent to an activating group) is 1. The van der Waals surface area contributed by atoms with Crippen LogP contribution in [-0.4, -0.2) is 63.3 Å². The van der Waals surface area contributed by atoms with Crippen LogP contribution in [0.1, 0.15) is 6.42 Å². The lowest BCUT2D eigenvalue weighted by Gasteiger charge is -2.34. The van der Waals surface area contributed by atoms with E-state index in [-0.39, 0.29) is 0 Å². The van der Waals surface area contributed by atoms with E-state index in [1.54, 1.807) is 12.2 Å². The van der Waals surface area contributed by atoms with Crippen LogP contribution in [0.3, 0.4) is 0 Å². The molecular weight excluding hydrogens is 246 g/mol. The van der Waals surface area contributed by atoms with E-state index in [1.165, 1.54) is 0 Å². The van der Waals surface area contributed by atoms with E-state index in [9.17, 15) is 0 Å². The van der Waals surface area contributed by atoms with Crippen LogP contribution in [0.2, 0.25) is 0 Å². The summed E-state index contributed by atoms with van der Waals surface area (Å²) in [5.74, 6) is 0.925. The van der Waals surface area contributed by atoms with E-state index in [0.717, 1.165) is 49.5 Å². The highest BCUT2D eigenvalue weighted by atomic mass is 32.1. The van der Waals surface area contributed by atoms with Gasteiger partial charge in [0.2, 0.25) is 0 Å². The van der Waals surface area contributed by atoms with Gasteiger partial charge in [-0.3, -0.25) is 0 Å². The van der Waals surface area contributed by atoms with Gasteiger partial charge < -0.3 is 14.0 Å². The Morgan fingerprint density at radius 3 is 1.89 bits per heavy atom. The Morgan fingerprint density at radius 1 is 1.00 bits per heavy atom. The predicted octanol–water partition coefficient (Wildman–Crippen LogP) is 2.16. The Labute approximate surface area is 117 Å². The monoisotopic (exact) mass is 274 g/mol. The molecule has 0 saturated heterocycles. The van der Waals surface area contributed by atoms with Crippen molar-refractivity contribution in [2.75, 3.05) is 58.9 Å². The van der Waals surface area contributed by atoms with E-state index in [0.29, 0.717) is 13.2 Å². The summed E-state index contributed by atoms with van der Waals surface area (Å²) < 4.78 is 11.9. The Bertz CT molecular complexity index is 206. The molecule has 0 spiro atoms. The van der Waals surface area contributed by atoms with Gasteiger partial charge in [0.05, 0.1) is 40.0 Å². The van der Waals surface area contributed by atoms with Gasteiger partial charge in [0.25, 0.3) is 0 Å². The van der Waals surface area contributed by atoms with Crippen molar-refractivity contribution in [2.24, 2.45) is 0 Å². The smallest absolute Gasteiger partial charge is 0.102 e. The maximum absolute atomic E-state index is 5.48. The number of hydrogen-bond acceptors (Lipinski definition) is 3. The van der Waals surface area contributed by atoms with Crippen LogP contribution in [0.25, 0.3) is 0 Å². The molecule has 0 aliphatic rings. The molecular formula is C14H28NO2S+. The molecule has 3 nitrogen and oxygen atoms in total. The van der Waals surface area contributed by atoms with E-state index in [1.807, 2.05) is 0 Å². The van der Waals surface area contributed by atoms with E-state index in [4.69, 9.17) is 9.47 Å². The molecule has 0 aromatic heterocycles. The first-order valence-electron chi connectivity index (χ1n) is 6.50. The zero-order valence-electron chi connectivity index (χ0n) is 11.6. The molecule has 0 aromatic rings. The van der Waals surface area contributed by atoms with Crippen molar-refractivity contribution in [3.63, 3.8) is 0 Å². The van der Waals surface area contributed by atoms with Gasteiger partial charge in [0, 0.05) is 6.42 Å². The molecule has 0 radical (unpaired) electrons. The molecule has 4 heteroatoms. The molecule has 0 atom stereocenters. The topological polar surface area (TPSA) is 18.5 Å². The van der Waals surface area contributed by atoms with Crippen molar-refractivity contribution in [3.05, 3.63) is 25.3 Å². The Kier molecular flexibility index (Phi) is 11.6. The fraction of sp³-hybridized carbons (Fsp3) is 0.714. The third kappa shape index (κ3) is 9.71. The first-order valence-corrected chi connectivity index (χ1v) is 7.13. The van der Waals surface area contributed by atoms with Gasteiger partial charge in [0.1, 0.15) is 13.1 Å². The standard InChI is InChI=1S/C14H27NO2S/c1-4-10-16-12-8-15(3,7-6-14-18)9-13-17-11-5-2/h4-5H,1-2,6-14H2,3H3/p+1. The second kappa shape index (κ2) is 11.8. The second-order valence-electron chi connectivity index (χ2n) is 4.59. The molecule has 0 N–H and O–H groups in total. The Hall–Kier alpha value is -0.290. The van der Waals surface area contributed by atoms with Gasteiger partial charge in [-0.1, -0.05) is 12.2 Å². The van der Waals surface area contributed by atoms with Crippen molar-refractivity contribution in [2.45, 2.75) is 6.42 Å². The highest BCUT2D eigenvalue weighted by Crippen LogP contribution is 2.05. The van der Waals surface area contributed by atoms with Gasteiger partial charge in [-0.15, -0.1) is 13.2 Å². The minimum atomic E-state index is 0.625. The fourth-order valence-corrected chi connectivity index (χ4v) is 1.83. The molecule has 0 saturated carbocycles. The van der Waals surface area contributed by atoms with Crippen LogP contribution in [0.4, 0.5) is 0 Å². The average molecular weight is 274 g/mol. The Balaban J connectivity index is 3.97. The van der Waals surface area contributed by atoms with Crippen LogP contribution in [0.5, 0.6) is 0 Å². The molecule has 0 aromatic carbocycles. The van der Waals surface area contributed by atoms with Gasteiger partial charge >= 0.3 is 0 Å². The predicted molar refractivity (Wildman–Crippen MR) is 81.3 cm³/mol. The lowest BCUT2D eigenvalue weighted by atomic mass is 10.3. The number of rotatable bonds is 13. The van der Waals surface area contributed by atoms with Crippen LogP contribution < -0.4 is 0 Å². The number of nitrogens with zero attached hydrogens (tertiary/aromatic N) is 1. The largest absolute Gasteiger partial charge is 0.372 e. The molecule has 0 rings (SSSR count). The van der Waals surface area contributed by atoms with Gasteiger partial charge in [0.15, 0.2) is 0 Å². The third-order valence-electron chi connectivity index (χ3n) is 2.88. The average Bonchev–Trinajstić information content (AvgIpc) is 2.38. The van der Waals surface area contributed by atoms with Crippen molar-refractivity contribution in [1.82, 2.24) is 0 Å². The lowest BCUT2D eigenvalue weighted by Crippen LogP contribution is -2.49. The van der Waals surface area contributed by atoms with Crippen molar-refractivity contribution in [1.29, 1.82) is 0 Å². The molecule has 0 aliphatic carbocycles. The number of ether oxygens (including phenoxy) is 2. The van der Waals surface area contributed by atoms with Crippen LogP contribution >= 0.6 is 12.6 Å². The molecule has 0 fully saturated rings. The third-order valence-corrected chi connectivity index (χ3v) is 3.19. The summed E-state index contributed by atoms with van der Waals surface area (Å²) in [5, 5.41) is 0. The zero-order valence-corrected chi connectivity index (χ0v) is 12.5. The first-order chi connectivity index (χ1) is 8.68.